The predicted octanol–water partition coefficient (Wildman–Crippen LogP) is 5.71. The van der Waals surface area contributed by atoms with Gasteiger partial charge < -0.3 is 9.30 Å². The number of aromatic nitrogens is 2. The Kier molecular flexibility index (Phi) is 5.70. The van der Waals surface area contributed by atoms with Crippen LogP contribution in [0.15, 0.2) is 54.6 Å². The van der Waals surface area contributed by atoms with E-state index in [9.17, 15) is 4.79 Å². The van der Waals surface area contributed by atoms with Crippen molar-refractivity contribution in [1.82, 2.24) is 9.55 Å². The molecule has 4 nitrogen and oxygen atoms in total. The lowest BCUT2D eigenvalue weighted by Crippen LogP contribution is -2.36. The monoisotopic (exact) mass is 390 g/mol. The van der Waals surface area contributed by atoms with Gasteiger partial charge in [0.2, 0.25) is 0 Å². The zero-order valence-corrected chi connectivity index (χ0v) is 17.5. The van der Waals surface area contributed by atoms with Crippen molar-refractivity contribution in [2.75, 3.05) is 0 Å². The molecule has 1 aromatic heterocycles. The molecule has 0 aliphatic heterocycles. The molecule has 1 saturated carbocycles. The number of benzene rings is 2. The fraction of sp³-hybridized carbons (Fsp3) is 0.440. The van der Waals surface area contributed by atoms with E-state index >= 15 is 0 Å². The van der Waals surface area contributed by atoms with E-state index in [2.05, 4.69) is 20.8 Å². The number of esters is 1. The Morgan fingerprint density at radius 2 is 1.83 bits per heavy atom. The fourth-order valence-electron chi connectivity index (χ4n) is 4.63. The van der Waals surface area contributed by atoms with Gasteiger partial charge in [-0.15, -0.1) is 0 Å². The summed E-state index contributed by atoms with van der Waals surface area (Å²) in [6.07, 6.45) is 3.34. The standard InChI is InChI=1S/C25H30N2O2/c1-17(2)20-14-13-18(3)15-23(20)29-24(28)16-27-22-12-8-7-11-21(22)26-25(27)19-9-5-4-6-10-19/h4-12,17-18,20,23H,13-16H2,1-3H3. The Morgan fingerprint density at radius 3 is 2.59 bits per heavy atom. The maximum absolute atomic E-state index is 13.0. The molecule has 4 rings (SSSR count). The van der Waals surface area contributed by atoms with Crippen LogP contribution in [0.4, 0.5) is 0 Å². The number of hydrogen-bond acceptors (Lipinski definition) is 3. The van der Waals surface area contributed by atoms with Crippen LogP contribution in [0.25, 0.3) is 22.4 Å². The molecule has 4 heteroatoms. The highest BCUT2D eigenvalue weighted by molar-refractivity contribution is 5.83. The quantitative estimate of drug-likeness (QED) is 0.524. The predicted molar refractivity (Wildman–Crippen MR) is 116 cm³/mol. The summed E-state index contributed by atoms with van der Waals surface area (Å²) in [5.41, 5.74) is 2.86. The number of ether oxygens (including phenoxy) is 1. The Labute approximate surface area is 172 Å². The van der Waals surface area contributed by atoms with Crippen LogP contribution in [0.3, 0.4) is 0 Å². The van der Waals surface area contributed by atoms with Crippen molar-refractivity contribution in [2.24, 2.45) is 17.8 Å². The van der Waals surface area contributed by atoms with Gasteiger partial charge in [0.1, 0.15) is 18.5 Å². The molecule has 1 heterocycles. The molecular formula is C25H30N2O2. The minimum Gasteiger partial charge on any atom is -0.461 e. The van der Waals surface area contributed by atoms with Gasteiger partial charge in [-0.2, -0.15) is 0 Å². The lowest BCUT2D eigenvalue weighted by Gasteiger charge is -2.36. The van der Waals surface area contributed by atoms with Crippen molar-refractivity contribution in [3.8, 4) is 11.4 Å². The first kappa shape index (κ1) is 19.7. The van der Waals surface area contributed by atoms with Gasteiger partial charge in [-0.25, -0.2) is 4.98 Å². The molecule has 2 aromatic carbocycles. The number of para-hydroxylation sites is 2. The summed E-state index contributed by atoms with van der Waals surface area (Å²) in [6.45, 7) is 6.91. The molecule has 0 N–H and O–H groups in total. The van der Waals surface area contributed by atoms with Gasteiger partial charge >= 0.3 is 5.97 Å². The zero-order chi connectivity index (χ0) is 20.4. The minimum atomic E-state index is -0.171. The molecule has 3 aromatic rings. The number of hydrogen-bond donors (Lipinski definition) is 0. The molecule has 152 valence electrons. The summed E-state index contributed by atoms with van der Waals surface area (Å²) in [5.74, 6) is 2.21. The molecule has 0 bridgehead atoms. The van der Waals surface area contributed by atoms with Crippen LogP contribution in [-0.2, 0) is 16.1 Å². The second kappa shape index (κ2) is 8.40. The Bertz CT molecular complexity index is 977. The topological polar surface area (TPSA) is 44.1 Å². The number of carbonyl (C=O) groups excluding carboxylic acids is 1. The van der Waals surface area contributed by atoms with E-state index < -0.39 is 0 Å². The third-order valence-electron chi connectivity index (χ3n) is 6.22. The van der Waals surface area contributed by atoms with Gasteiger partial charge in [0.25, 0.3) is 0 Å². The van der Waals surface area contributed by atoms with Crippen LogP contribution in [0.5, 0.6) is 0 Å². The van der Waals surface area contributed by atoms with Crippen molar-refractivity contribution < 1.29 is 9.53 Å². The average Bonchev–Trinajstić information content (AvgIpc) is 3.07. The van der Waals surface area contributed by atoms with Gasteiger partial charge in [0.05, 0.1) is 11.0 Å². The molecule has 0 spiro atoms. The maximum atomic E-state index is 13.0. The highest BCUT2D eigenvalue weighted by Crippen LogP contribution is 2.35. The van der Waals surface area contributed by atoms with Crippen molar-refractivity contribution in [1.29, 1.82) is 0 Å². The van der Waals surface area contributed by atoms with Crippen LogP contribution in [-0.4, -0.2) is 21.6 Å². The van der Waals surface area contributed by atoms with Crippen molar-refractivity contribution in [3.63, 3.8) is 0 Å². The van der Waals surface area contributed by atoms with Crippen molar-refractivity contribution >= 4 is 17.0 Å². The van der Waals surface area contributed by atoms with Gasteiger partial charge in [-0.05, 0) is 42.7 Å². The first-order valence-corrected chi connectivity index (χ1v) is 10.7. The normalized spacial score (nSPS) is 22.1. The zero-order valence-electron chi connectivity index (χ0n) is 17.5. The third kappa shape index (κ3) is 4.21. The number of nitrogens with zero attached hydrogens (tertiary/aromatic N) is 2. The average molecular weight is 391 g/mol. The Balaban J connectivity index is 1.61. The van der Waals surface area contributed by atoms with E-state index in [1.54, 1.807) is 0 Å². The SMILES string of the molecule is CC1CCC(C(C)C)C(OC(=O)Cn2c(-c3ccccc3)nc3ccccc32)C1. The van der Waals surface area contributed by atoms with E-state index in [4.69, 9.17) is 9.72 Å². The first-order valence-electron chi connectivity index (χ1n) is 10.7. The molecule has 0 saturated heterocycles. The molecule has 1 fully saturated rings. The molecular weight excluding hydrogens is 360 g/mol. The second-order valence-corrected chi connectivity index (χ2v) is 8.73. The summed E-state index contributed by atoms with van der Waals surface area (Å²) in [7, 11) is 0. The largest absolute Gasteiger partial charge is 0.461 e. The summed E-state index contributed by atoms with van der Waals surface area (Å²) in [4.78, 5) is 17.8. The minimum absolute atomic E-state index is 0.0150. The molecule has 3 atom stereocenters. The molecule has 1 aliphatic rings. The van der Waals surface area contributed by atoms with E-state index in [1.807, 2.05) is 59.2 Å². The lowest BCUT2D eigenvalue weighted by atomic mass is 9.75. The van der Waals surface area contributed by atoms with E-state index in [0.29, 0.717) is 17.8 Å². The fourth-order valence-corrected chi connectivity index (χ4v) is 4.63. The van der Waals surface area contributed by atoms with Crippen LogP contribution in [0.1, 0.15) is 40.0 Å². The summed E-state index contributed by atoms with van der Waals surface area (Å²) in [5, 5.41) is 0. The molecule has 0 radical (unpaired) electrons. The highest BCUT2D eigenvalue weighted by Gasteiger charge is 2.33. The van der Waals surface area contributed by atoms with E-state index in [-0.39, 0.29) is 18.6 Å². The highest BCUT2D eigenvalue weighted by atomic mass is 16.5. The number of rotatable bonds is 5. The summed E-state index contributed by atoms with van der Waals surface area (Å²) >= 11 is 0. The summed E-state index contributed by atoms with van der Waals surface area (Å²) in [6, 6.07) is 18.0. The Morgan fingerprint density at radius 1 is 1.10 bits per heavy atom. The second-order valence-electron chi connectivity index (χ2n) is 8.73. The lowest BCUT2D eigenvalue weighted by molar-refractivity contribution is -0.156. The van der Waals surface area contributed by atoms with Crippen molar-refractivity contribution in [2.45, 2.75) is 52.7 Å². The van der Waals surface area contributed by atoms with Gasteiger partial charge in [-0.1, -0.05) is 69.7 Å². The first-order chi connectivity index (χ1) is 14.0. The summed E-state index contributed by atoms with van der Waals surface area (Å²) < 4.78 is 8.05. The van der Waals surface area contributed by atoms with Crippen LogP contribution in [0, 0.1) is 17.8 Å². The van der Waals surface area contributed by atoms with Crippen LogP contribution < -0.4 is 0 Å². The van der Waals surface area contributed by atoms with Crippen LogP contribution >= 0.6 is 0 Å². The number of imidazole rings is 1. The molecule has 3 unspecified atom stereocenters. The smallest absolute Gasteiger partial charge is 0.326 e. The van der Waals surface area contributed by atoms with Gasteiger partial charge in [0, 0.05) is 5.56 Å². The van der Waals surface area contributed by atoms with Gasteiger partial charge in [-0.3, -0.25) is 4.79 Å². The Hall–Kier alpha value is -2.62. The maximum Gasteiger partial charge on any atom is 0.326 e. The molecule has 29 heavy (non-hydrogen) atoms. The molecule has 0 amide bonds. The van der Waals surface area contributed by atoms with Crippen molar-refractivity contribution in [3.05, 3.63) is 54.6 Å². The molecule has 1 aliphatic carbocycles. The van der Waals surface area contributed by atoms with Crippen LogP contribution in [0.2, 0.25) is 0 Å². The van der Waals surface area contributed by atoms with E-state index in [1.165, 1.54) is 6.42 Å². The number of carbonyl (C=O) groups is 1. The van der Waals surface area contributed by atoms with Gasteiger partial charge in [0.15, 0.2) is 0 Å². The third-order valence-corrected chi connectivity index (χ3v) is 6.22. The van der Waals surface area contributed by atoms with E-state index in [0.717, 1.165) is 35.3 Å². The number of fused-ring (bicyclic) bond motifs is 1.